The van der Waals surface area contributed by atoms with Gasteiger partial charge in [-0.15, -0.1) is 0 Å². The molecule has 0 radical (unpaired) electrons. The first-order valence-corrected chi connectivity index (χ1v) is 3.53. The van der Waals surface area contributed by atoms with E-state index in [1.165, 1.54) is 7.11 Å². The first-order valence-electron chi connectivity index (χ1n) is 3.53. The summed E-state index contributed by atoms with van der Waals surface area (Å²) in [6.45, 7) is 1.79. The summed E-state index contributed by atoms with van der Waals surface area (Å²) < 4.78 is 4.48. The van der Waals surface area contributed by atoms with E-state index >= 15 is 0 Å². The van der Waals surface area contributed by atoms with Gasteiger partial charge in [0.25, 0.3) is 0 Å². The number of carbonyl (C=O) groups is 2. The lowest BCUT2D eigenvalue weighted by Gasteiger charge is -2.05. The maximum Gasteiger partial charge on any atom is 0.328 e. The fourth-order valence-electron chi connectivity index (χ4n) is 1.13. The Kier molecular flexibility index (Phi) is 2.12. The topological polar surface area (TPSA) is 55.4 Å². The molecule has 1 aliphatic rings. The molecule has 0 aromatic heterocycles. The molecule has 62 valence electrons. The number of hydrogen-bond acceptors (Lipinski definition) is 3. The molecule has 1 heterocycles. The van der Waals surface area contributed by atoms with Crippen molar-refractivity contribution in [2.45, 2.75) is 19.4 Å². The van der Waals surface area contributed by atoms with Gasteiger partial charge >= 0.3 is 5.97 Å². The summed E-state index contributed by atoms with van der Waals surface area (Å²) in [6.07, 6.45) is 0.547. The summed E-state index contributed by atoms with van der Waals surface area (Å²) in [5.74, 6) is -0.498. The summed E-state index contributed by atoms with van der Waals surface area (Å²) >= 11 is 0. The summed E-state index contributed by atoms with van der Waals surface area (Å²) in [5, 5.41) is 2.54. The molecule has 11 heavy (non-hydrogen) atoms. The van der Waals surface area contributed by atoms with E-state index in [0.29, 0.717) is 6.42 Å². The minimum absolute atomic E-state index is 0.0691. The molecule has 0 saturated carbocycles. The Bertz CT molecular complexity index is 190. The summed E-state index contributed by atoms with van der Waals surface area (Å²) in [4.78, 5) is 21.8. The van der Waals surface area contributed by atoms with Crippen molar-refractivity contribution in [3.63, 3.8) is 0 Å². The summed E-state index contributed by atoms with van der Waals surface area (Å²) in [5.41, 5.74) is 0. The highest BCUT2D eigenvalue weighted by Crippen LogP contribution is 2.14. The molecule has 0 aromatic carbocycles. The van der Waals surface area contributed by atoms with Crippen LogP contribution in [0.2, 0.25) is 0 Å². The van der Waals surface area contributed by atoms with E-state index in [1.807, 2.05) is 0 Å². The van der Waals surface area contributed by atoms with Crippen molar-refractivity contribution < 1.29 is 14.3 Å². The monoisotopic (exact) mass is 157 g/mol. The molecular formula is C7H11NO3. The highest BCUT2D eigenvalue weighted by atomic mass is 16.5. The van der Waals surface area contributed by atoms with Gasteiger partial charge in [-0.2, -0.15) is 0 Å². The second-order valence-electron chi connectivity index (χ2n) is 2.72. The number of esters is 1. The molecule has 1 aliphatic heterocycles. The van der Waals surface area contributed by atoms with E-state index in [4.69, 9.17) is 0 Å². The minimum atomic E-state index is -0.428. The SMILES string of the molecule is COC(=O)C1CC(C)C(=O)N1. The molecule has 0 aliphatic carbocycles. The number of nitrogens with one attached hydrogen (secondary N) is 1. The Morgan fingerprint density at radius 2 is 2.36 bits per heavy atom. The van der Waals surface area contributed by atoms with E-state index in [9.17, 15) is 9.59 Å². The van der Waals surface area contributed by atoms with E-state index < -0.39 is 6.04 Å². The van der Waals surface area contributed by atoms with Crippen LogP contribution in [0.25, 0.3) is 0 Å². The largest absolute Gasteiger partial charge is 0.467 e. The van der Waals surface area contributed by atoms with Crippen LogP contribution in [0.4, 0.5) is 0 Å². The quantitative estimate of drug-likeness (QED) is 0.531. The van der Waals surface area contributed by atoms with Crippen molar-refractivity contribution in [1.82, 2.24) is 5.32 Å². The van der Waals surface area contributed by atoms with Crippen LogP contribution in [-0.2, 0) is 14.3 Å². The maximum absolute atomic E-state index is 10.9. The first-order chi connectivity index (χ1) is 5.15. The lowest BCUT2D eigenvalue weighted by atomic mass is 10.1. The fraction of sp³-hybridized carbons (Fsp3) is 0.714. The lowest BCUT2D eigenvalue weighted by Crippen LogP contribution is -2.33. The van der Waals surface area contributed by atoms with Crippen LogP contribution in [0.1, 0.15) is 13.3 Å². The number of hydrogen-bond donors (Lipinski definition) is 1. The van der Waals surface area contributed by atoms with E-state index in [2.05, 4.69) is 10.1 Å². The van der Waals surface area contributed by atoms with Crippen LogP contribution in [0.15, 0.2) is 0 Å². The Balaban J connectivity index is 2.53. The molecule has 2 atom stereocenters. The molecule has 1 fully saturated rings. The maximum atomic E-state index is 10.9. The van der Waals surface area contributed by atoms with Crippen LogP contribution < -0.4 is 5.32 Å². The summed E-state index contributed by atoms with van der Waals surface area (Å²) in [7, 11) is 1.32. The van der Waals surface area contributed by atoms with Crippen molar-refractivity contribution >= 4 is 11.9 Å². The molecule has 1 amide bonds. The first kappa shape index (κ1) is 8.04. The summed E-state index contributed by atoms with van der Waals surface area (Å²) in [6, 6.07) is -0.428. The highest BCUT2D eigenvalue weighted by Gasteiger charge is 2.33. The van der Waals surface area contributed by atoms with E-state index in [1.54, 1.807) is 6.92 Å². The number of ether oxygens (including phenoxy) is 1. The van der Waals surface area contributed by atoms with Crippen molar-refractivity contribution in [2.24, 2.45) is 5.92 Å². The van der Waals surface area contributed by atoms with E-state index in [-0.39, 0.29) is 17.8 Å². The molecule has 1 N–H and O–H groups in total. The molecule has 4 nitrogen and oxygen atoms in total. The molecule has 1 rings (SSSR count). The number of carbonyl (C=O) groups excluding carboxylic acids is 2. The van der Waals surface area contributed by atoms with Crippen molar-refractivity contribution in [1.29, 1.82) is 0 Å². The second kappa shape index (κ2) is 2.90. The predicted molar refractivity (Wildman–Crippen MR) is 37.7 cm³/mol. The molecule has 0 aromatic rings. The normalized spacial score (nSPS) is 29.8. The van der Waals surface area contributed by atoms with Crippen LogP contribution in [-0.4, -0.2) is 25.0 Å². The average molecular weight is 157 g/mol. The molecular weight excluding hydrogens is 146 g/mol. The van der Waals surface area contributed by atoms with Crippen molar-refractivity contribution in [3.8, 4) is 0 Å². The van der Waals surface area contributed by atoms with Gasteiger partial charge < -0.3 is 10.1 Å². The third-order valence-electron chi connectivity index (χ3n) is 1.84. The third-order valence-corrected chi connectivity index (χ3v) is 1.84. The van der Waals surface area contributed by atoms with Gasteiger partial charge in [0.2, 0.25) is 5.91 Å². The number of rotatable bonds is 1. The van der Waals surface area contributed by atoms with Gasteiger partial charge in [0, 0.05) is 5.92 Å². The third kappa shape index (κ3) is 1.50. The second-order valence-corrected chi connectivity index (χ2v) is 2.72. The molecule has 1 saturated heterocycles. The average Bonchev–Trinajstić information content (AvgIpc) is 2.31. The molecule has 0 spiro atoms. The molecule has 0 bridgehead atoms. The Labute approximate surface area is 64.9 Å². The fourth-order valence-corrected chi connectivity index (χ4v) is 1.13. The Morgan fingerprint density at radius 1 is 1.73 bits per heavy atom. The van der Waals surface area contributed by atoms with Crippen molar-refractivity contribution in [2.75, 3.05) is 7.11 Å². The van der Waals surface area contributed by atoms with Crippen LogP contribution in [0, 0.1) is 5.92 Å². The molecule has 2 unspecified atom stereocenters. The standard InChI is InChI=1S/C7H11NO3/c1-4-3-5(7(10)11-2)8-6(4)9/h4-5H,3H2,1-2H3,(H,8,9). The van der Waals surface area contributed by atoms with Gasteiger partial charge in [0.1, 0.15) is 6.04 Å². The highest BCUT2D eigenvalue weighted by molar-refractivity contribution is 5.89. The van der Waals surface area contributed by atoms with Crippen molar-refractivity contribution in [3.05, 3.63) is 0 Å². The zero-order valence-electron chi connectivity index (χ0n) is 6.59. The Hall–Kier alpha value is -1.06. The van der Waals surface area contributed by atoms with Gasteiger partial charge in [-0.05, 0) is 6.42 Å². The van der Waals surface area contributed by atoms with Gasteiger partial charge in [0.15, 0.2) is 0 Å². The van der Waals surface area contributed by atoms with Crippen LogP contribution >= 0.6 is 0 Å². The van der Waals surface area contributed by atoms with Crippen LogP contribution in [0.5, 0.6) is 0 Å². The minimum Gasteiger partial charge on any atom is -0.467 e. The number of methoxy groups -OCH3 is 1. The van der Waals surface area contributed by atoms with Gasteiger partial charge in [-0.25, -0.2) is 4.79 Å². The smallest absolute Gasteiger partial charge is 0.328 e. The van der Waals surface area contributed by atoms with Gasteiger partial charge in [0.05, 0.1) is 7.11 Å². The molecule has 4 heteroatoms. The zero-order chi connectivity index (χ0) is 8.43. The van der Waals surface area contributed by atoms with Crippen LogP contribution in [0.3, 0.4) is 0 Å². The predicted octanol–water partition coefficient (Wildman–Crippen LogP) is -0.316. The van der Waals surface area contributed by atoms with Gasteiger partial charge in [-0.3, -0.25) is 4.79 Å². The zero-order valence-corrected chi connectivity index (χ0v) is 6.59. The number of amides is 1. The van der Waals surface area contributed by atoms with E-state index in [0.717, 1.165) is 0 Å². The van der Waals surface area contributed by atoms with Gasteiger partial charge in [-0.1, -0.05) is 6.92 Å². The Morgan fingerprint density at radius 3 is 2.73 bits per heavy atom. The lowest BCUT2D eigenvalue weighted by molar-refractivity contribution is -0.143.